The molecule has 106 valence electrons. The second-order valence-corrected chi connectivity index (χ2v) is 7.08. The Morgan fingerprint density at radius 3 is 2.75 bits per heavy atom. The van der Waals surface area contributed by atoms with Crippen LogP contribution < -0.4 is 4.72 Å². The number of hydrogen-bond acceptors (Lipinski definition) is 4. The van der Waals surface area contributed by atoms with Gasteiger partial charge in [-0.05, 0) is 30.4 Å². The molecule has 0 saturated heterocycles. The summed E-state index contributed by atoms with van der Waals surface area (Å²) in [5.74, 6) is -1.12. The van der Waals surface area contributed by atoms with E-state index >= 15 is 0 Å². The van der Waals surface area contributed by atoms with Crippen LogP contribution in [0, 0.1) is 0 Å². The van der Waals surface area contributed by atoms with Crippen molar-refractivity contribution >= 4 is 33.0 Å². The minimum Gasteiger partial charge on any atom is -0.477 e. The number of carboxylic acids is 1. The number of carboxylic acid groups (broad SMARTS) is 1. The fourth-order valence-electron chi connectivity index (χ4n) is 1.96. The molecule has 0 radical (unpaired) electrons. The number of nitrogens with zero attached hydrogens (tertiary/aromatic N) is 1. The first-order chi connectivity index (χ1) is 9.47. The summed E-state index contributed by atoms with van der Waals surface area (Å²) < 4.78 is 28.4. The van der Waals surface area contributed by atoms with Crippen molar-refractivity contribution in [2.24, 2.45) is 0 Å². The zero-order valence-electron chi connectivity index (χ0n) is 10.3. The molecular weight excluding hydrogens is 300 g/mol. The molecule has 2 aromatic rings. The van der Waals surface area contributed by atoms with E-state index in [-0.39, 0.29) is 16.6 Å². The van der Waals surface area contributed by atoms with Crippen molar-refractivity contribution in [3.63, 3.8) is 0 Å². The third kappa shape index (κ3) is 2.44. The standard InChI is InChI=1S/C12H12N2O4S2/c15-12(16)11-5-10(6-14(11)9-1-2-9)20(17,18)13-8-3-4-19-7-8/h3-7,9,13H,1-2H2,(H,15,16). The first kappa shape index (κ1) is 13.2. The minimum absolute atomic E-state index is 0.0122. The number of sulfonamides is 1. The van der Waals surface area contributed by atoms with E-state index in [9.17, 15) is 13.2 Å². The molecule has 1 aliphatic rings. The Labute approximate surface area is 119 Å². The lowest BCUT2D eigenvalue weighted by Crippen LogP contribution is -2.11. The second kappa shape index (κ2) is 4.64. The van der Waals surface area contributed by atoms with Crippen LogP contribution in [0.15, 0.2) is 34.0 Å². The summed E-state index contributed by atoms with van der Waals surface area (Å²) in [6.07, 6.45) is 3.16. The van der Waals surface area contributed by atoms with Gasteiger partial charge in [0, 0.05) is 17.6 Å². The quantitative estimate of drug-likeness (QED) is 0.887. The van der Waals surface area contributed by atoms with E-state index in [1.807, 2.05) is 0 Å². The summed E-state index contributed by atoms with van der Waals surface area (Å²) in [5.41, 5.74) is 0.490. The Morgan fingerprint density at radius 2 is 2.20 bits per heavy atom. The molecule has 0 bridgehead atoms. The molecule has 3 rings (SSSR count). The maximum Gasteiger partial charge on any atom is 0.352 e. The largest absolute Gasteiger partial charge is 0.477 e. The minimum atomic E-state index is -3.75. The van der Waals surface area contributed by atoms with Gasteiger partial charge in [-0.25, -0.2) is 13.2 Å². The number of aromatic carboxylic acids is 1. The van der Waals surface area contributed by atoms with Crippen LogP contribution in [0.3, 0.4) is 0 Å². The van der Waals surface area contributed by atoms with Crippen molar-refractivity contribution in [3.8, 4) is 0 Å². The summed E-state index contributed by atoms with van der Waals surface area (Å²) in [6, 6.07) is 2.96. The van der Waals surface area contributed by atoms with Gasteiger partial charge in [-0.15, -0.1) is 0 Å². The van der Waals surface area contributed by atoms with Crippen LogP contribution in [-0.4, -0.2) is 24.1 Å². The molecule has 2 heterocycles. The molecule has 0 spiro atoms. The third-order valence-corrected chi connectivity index (χ3v) is 5.10. The van der Waals surface area contributed by atoms with E-state index in [4.69, 9.17) is 5.11 Å². The van der Waals surface area contributed by atoms with Crippen molar-refractivity contribution in [2.75, 3.05) is 4.72 Å². The average molecular weight is 312 g/mol. The summed E-state index contributed by atoms with van der Waals surface area (Å²) in [6.45, 7) is 0. The highest BCUT2D eigenvalue weighted by Gasteiger charge is 2.30. The van der Waals surface area contributed by atoms with Crippen LogP contribution in [0.25, 0.3) is 0 Å². The van der Waals surface area contributed by atoms with Crippen molar-refractivity contribution in [1.82, 2.24) is 4.57 Å². The summed E-state index contributed by atoms with van der Waals surface area (Å²) in [5, 5.41) is 12.6. The monoisotopic (exact) mass is 312 g/mol. The smallest absolute Gasteiger partial charge is 0.352 e. The van der Waals surface area contributed by atoms with Crippen LogP contribution in [0.1, 0.15) is 29.4 Å². The van der Waals surface area contributed by atoms with Gasteiger partial charge in [0.2, 0.25) is 0 Å². The average Bonchev–Trinajstić information content (AvgIpc) is 2.90. The number of anilines is 1. The van der Waals surface area contributed by atoms with Gasteiger partial charge >= 0.3 is 5.97 Å². The second-order valence-electron chi connectivity index (χ2n) is 4.62. The van der Waals surface area contributed by atoms with Crippen LogP contribution in [-0.2, 0) is 10.0 Å². The molecule has 1 saturated carbocycles. The van der Waals surface area contributed by atoms with Gasteiger partial charge in [-0.2, -0.15) is 11.3 Å². The first-order valence-corrected chi connectivity index (χ1v) is 8.40. The molecule has 8 heteroatoms. The van der Waals surface area contributed by atoms with Crippen molar-refractivity contribution in [3.05, 3.63) is 34.8 Å². The SMILES string of the molecule is O=C(O)c1cc(S(=O)(=O)Nc2ccsc2)cn1C1CC1. The highest BCUT2D eigenvalue weighted by Crippen LogP contribution is 2.37. The first-order valence-electron chi connectivity index (χ1n) is 5.97. The fraction of sp³-hybridized carbons (Fsp3) is 0.250. The molecule has 2 N–H and O–H groups in total. The molecule has 0 unspecified atom stereocenters. The van der Waals surface area contributed by atoms with E-state index < -0.39 is 16.0 Å². The third-order valence-electron chi connectivity index (χ3n) is 3.07. The van der Waals surface area contributed by atoms with Gasteiger partial charge in [-0.3, -0.25) is 4.72 Å². The molecule has 20 heavy (non-hydrogen) atoms. The van der Waals surface area contributed by atoms with Crippen molar-refractivity contribution in [2.45, 2.75) is 23.8 Å². The van der Waals surface area contributed by atoms with E-state index in [0.717, 1.165) is 12.8 Å². The van der Waals surface area contributed by atoms with Crippen molar-refractivity contribution < 1.29 is 18.3 Å². The maximum atomic E-state index is 12.2. The van der Waals surface area contributed by atoms with Crippen LogP contribution >= 0.6 is 11.3 Å². The van der Waals surface area contributed by atoms with Gasteiger partial charge < -0.3 is 9.67 Å². The van der Waals surface area contributed by atoms with E-state index in [1.165, 1.54) is 28.2 Å². The molecule has 0 atom stereocenters. The molecule has 0 aliphatic heterocycles. The number of thiophene rings is 1. The van der Waals surface area contributed by atoms with Crippen LogP contribution in [0.5, 0.6) is 0 Å². The lowest BCUT2D eigenvalue weighted by Gasteiger charge is -2.03. The van der Waals surface area contributed by atoms with Gasteiger partial charge in [0.15, 0.2) is 0 Å². The predicted octanol–water partition coefficient (Wildman–Crippen LogP) is 2.38. The number of aromatic nitrogens is 1. The van der Waals surface area contributed by atoms with Crippen LogP contribution in [0.4, 0.5) is 5.69 Å². The van der Waals surface area contributed by atoms with Gasteiger partial charge in [0.05, 0.1) is 5.69 Å². The lowest BCUT2D eigenvalue weighted by atomic mass is 10.4. The summed E-state index contributed by atoms with van der Waals surface area (Å²) >= 11 is 1.38. The molecule has 2 aromatic heterocycles. The summed E-state index contributed by atoms with van der Waals surface area (Å²) in [7, 11) is -3.75. The van der Waals surface area contributed by atoms with Gasteiger partial charge in [-0.1, -0.05) is 0 Å². The maximum absolute atomic E-state index is 12.2. The Morgan fingerprint density at radius 1 is 1.45 bits per heavy atom. The zero-order chi connectivity index (χ0) is 14.3. The van der Waals surface area contributed by atoms with Crippen LogP contribution in [0.2, 0.25) is 0 Å². The van der Waals surface area contributed by atoms with E-state index in [0.29, 0.717) is 5.69 Å². The molecule has 1 fully saturated rings. The predicted molar refractivity (Wildman–Crippen MR) is 74.8 cm³/mol. The highest BCUT2D eigenvalue weighted by molar-refractivity contribution is 7.92. The lowest BCUT2D eigenvalue weighted by molar-refractivity contribution is 0.0685. The molecular formula is C12H12N2O4S2. The van der Waals surface area contributed by atoms with Gasteiger partial charge in [0.1, 0.15) is 10.6 Å². The highest BCUT2D eigenvalue weighted by atomic mass is 32.2. The number of hydrogen-bond donors (Lipinski definition) is 2. The topological polar surface area (TPSA) is 88.4 Å². The number of carbonyl (C=O) groups is 1. The Kier molecular flexibility index (Phi) is 3.06. The van der Waals surface area contributed by atoms with E-state index in [1.54, 1.807) is 16.8 Å². The summed E-state index contributed by atoms with van der Waals surface area (Å²) in [4.78, 5) is 11.2. The van der Waals surface area contributed by atoms with Gasteiger partial charge in [0.25, 0.3) is 10.0 Å². The Balaban J connectivity index is 1.97. The van der Waals surface area contributed by atoms with Crippen molar-refractivity contribution in [1.29, 1.82) is 0 Å². The fourth-order valence-corrected chi connectivity index (χ4v) is 3.70. The molecule has 0 amide bonds. The van der Waals surface area contributed by atoms with E-state index in [2.05, 4.69) is 4.72 Å². The molecule has 6 nitrogen and oxygen atoms in total. The molecule has 1 aliphatic carbocycles. The Bertz CT molecular complexity index is 743. The zero-order valence-corrected chi connectivity index (χ0v) is 11.9. The Hall–Kier alpha value is -1.80. The molecule has 0 aromatic carbocycles. The number of nitrogens with one attached hydrogen (secondary N) is 1. The number of rotatable bonds is 5. The normalized spacial score (nSPS) is 15.2.